The van der Waals surface area contributed by atoms with Crippen molar-refractivity contribution in [2.24, 2.45) is 0 Å². The molecule has 23 heavy (non-hydrogen) atoms. The number of carbonyl (C=O) groups is 1. The van der Waals surface area contributed by atoms with E-state index in [1.54, 1.807) is 17.2 Å². The largest absolute Gasteiger partial charge is 0.355 e. The van der Waals surface area contributed by atoms with Crippen LogP contribution in [0.25, 0.3) is 11.3 Å². The minimum absolute atomic E-state index is 0.0943. The van der Waals surface area contributed by atoms with E-state index in [9.17, 15) is 4.79 Å². The second kappa shape index (κ2) is 5.68. The van der Waals surface area contributed by atoms with Crippen LogP contribution in [0.4, 0.5) is 0 Å². The van der Waals surface area contributed by atoms with E-state index in [2.05, 4.69) is 10.1 Å². The minimum atomic E-state index is -0.0943. The molecule has 5 nitrogen and oxygen atoms in total. The molecule has 5 heteroatoms. The summed E-state index contributed by atoms with van der Waals surface area (Å²) in [5, 5.41) is 3.91. The molecule has 0 atom stereocenters. The molecule has 2 aromatic heterocycles. The van der Waals surface area contributed by atoms with Crippen molar-refractivity contribution in [1.29, 1.82) is 0 Å². The fourth-order valence-electron chi connectivity index (χ4n) is 2.73. The third-order valence-corrected chi connectivity index (χ3v) is 4.06. The zero-order chi connectivity index (χ0) is 15.6. The Balaban J connectivity index is 1.44. The number of benzene rings is 1. The molecule has 1 aliphatic rings. The summed E-state index contributed by atoms with van der Waals surface area (Å²) < 4.78 is 5.29. The average molecular weight is 305 g/mol. The lowest BCUT2D eigenvalue weighted by atomic mass is 9.95. The van der Waals surface area contributed by atoms with Gasteiger partial charge in [-0.15, -0.1) is 0 Å². The van der Waals surface area contributed by atoms with Gasteiger partial charge in [0.15, 0.2) is 11.5 Å². The zero-order valence-electron chi connectivity index (χ0n) is 12.4. The second-order valence-corrected chi connectivity index (χ2v) is 5.60. The fraction of sp³-hybridized carbons (Fsp3) is 0.167. The van der Waals surface area contributed by atoms with Gasteiger partial charge >= 0.3 is 0 Å². The summed E-state index contributed by atoms with van der Waals surface area (Å²) in [7, 11) is 0. The van der Waals surface area contributed by atoms with Gasteiger partial charge in [0.1, 0.15) is 0 Å². The van der Waals surface area contributed by atoms with Crippen LogP contribution in [0.2, 0.25) is 0 Å². The minimum Gasteiger partial charge on any atom is -0.355 e. The highest BCUT2D eigenvalue weighted by Gasteiger charge is 2.34. The van der Waals surface area contributed by atoms with Gasteiger partial charge in [-0.2, -0.15) is 0 Å². The van der Waals surface area contributed by atoms with Gasteiger partial charge in [-0.25, -0.2) is 0 Å². The molecule has 0 radical (unpaired) electrons. The normalized spacial score (nSPS) is 14.5. The van der Waals surface area contributed by atoms with E-state index in [4.69, 9.17) is 4.52 Å². The molecule has 114 valence electrons. The summed E-state index contributed by atoms with van der Waals surface area (Å²) in [6.45, 7) is 1.34. The maximum Gasteiger partial charge on any atom is 0.276 e. The predicted octanol–water partition coefficient (Wildman–Crippen LogP) is 2.98. The Morgan fingerprint density at radius 3 is 2.61 bits per heavy atom. The Morgan fingerprint density at radius 1 is 1.09 bits per heavy atom. The van der Waals surface area contributed by atoms with Crippen LogP contribution in [0.3, 0.4) is 0 Å². The number of hydrogen-bond donors (Lipinski definition) is 0. The second-order valence-electron chi connectivity index (χ2n) is 5.60. The molecule has 0 saturated carbocycles. The molecule has 1 amide bonds. The maximum absolute atomic E-state index is 12.4. The summed E-state index contributed by atoms with van der Waals surface area (Å²) in [6, 6.07) is 17.2. The lowest BCUT2D eigenvalue weighted by Crippen LogP contribution is -2.48. The van der Waals surface area contributed by atoms with Gasteiger partial charge in [0.2, 0.25) is 0 Å². The van der Waals surface area contributed by atoms with Crippen molar-refractivity contribution in [3.05, 3.63) is 72.2 Å². The third kappa shape index (κ3) is 2.61. The van der Waals surface area contributed by atoms with Crippen molar-refractivity contribution in [1.82, 2.24) is 15.0 Å². The standard InChI is InChI=1S/C18H15N3O2/c22-18(21-11-14(12-21)15-8-4-5-9-19-15)16-10-17(23-20-16)13-6-2-1-3-7-13/h1-10,14H,11-12H2. The van der Waals surface area contributed by atoms with Crippen LogP contribution in [0.5, 0.6) is 0 Å². The van der Waals surface area contributed by atoms with Gasteiger partial charge in [-0.05, 0) is 12.1 Å². The van der Waals surface area contributed by atoms with Crippen molar-refractivity contribution in [2.45, 2.75) is 5.92 Å². The molecule has 3 heterocycles. The van der Waals surface area contributed by atoms with Crippen molar-refractivity contribution >= 4 is 5.91 Å². The predicted molar refractivity (Wildman–Crippen MR) is 84.8 cm³/mol. The molecule has 4 rings (SSSR count). The Kier molecular flexibility index (Phi) is 3.38. The van der Waals surface area contributed by atoms with Crippen LogP contribution >= 0.6 is 0 Å². The Morgan fingerprint density at radius 2 is 1.87 bits per heavy atom. The maximum atomic E-state index is 12.4. The Bertz CT molecular complexity index is 809. The fourth-order valence-corrected chi connectivity index (χ4v) is 2.73. The number of hydrogen-bond acceptors (Lipinski definition) is 4. The van der Waals surface area contributed by atoms with E-state index in [0.29, 0.717) is 30.5 Å². The Labute approximate surface area is 133 Å². The molecule has 1 aliphatic heterocycles. The number of carbonyl (C=O) groups excluding carboxylic acids is 1. The highest BCUT2D eigenvalue weighted by atomic mass is 16.5. The molecule has 0 N–H and O–H groups in total. The van der Waals surface area contributed by atoms with Gasteiger partial charge in [0, 0.05) is 42.5 Å². The van der Waals surface area contributed by atoms with Crippen LogP contribution in [-0.4, -0.2) is 34.0 Å². The Hall–Kier alpha value is -2.95. The number of likely N-dealkylation sites (tertiary alicyclic amines) is 1. The molecule has 1 fully saturated rings. The summed E-state index contributed by atoms with van der Waals surface area (Å²) >= 11 is 0. The van der Waals surface area contributed by atoms with Crippen LogP contribution in [0, 0.1) is 0 Å². The molecule has 0 aliphatic carbocycles. The van der Waals surface area contributed by atoms with Crippen molar-refractivity contribution in [2.75, 3.05) is 13.1 Å². The van der Waals surface area contributed by atoms with E-state index in [1.807, 2.05) is 48.5 Å². The highest BCUT2D eigenvalue weighted by molar-refractivity contribution is 5.93. The molecule has 1 aromatic carbocycles. The molecule has 3 aromatic rings. The van der Waals surface area contributed by atoms with E-state index in [1.165, 1.54) is 0 Å². The lowest BCUT2D eigenvalue weighted by Gasteiger charge is -2.38. The van der Waals surface area contributed by atoms with Crippen LogP contribution in [0.15, 0.2) is 65.3 Å². The van der Waals surface area contributed by atoms with E-state index in [0.717, 1.165) is 11.3 Å². The number of pyridine rings is 1. The summed E-state index contributed by atoms with van der Waals surface area (Å²) in [5.41, 5.74) is 2.29. The van der Waals surface area contributed by atoms with Gasteiger partial charge in [0.25, 0.3) is 5.91 Å². The van der Waals surface area contributed by atoms with Gasteiger partial charge in [-0.1, -0.05) is 41.6 Å². The first kappa shape index (κ1) is 13.7. The smallest absolute Gasteiger partial charge is 0.276 e. The zero-order valence-corrected chi connectivity index (χ0v) is 12.4. The first-order valence-electron chi connectivity index (χ1n) is 7.53. The van der Waals surface area contributed by atoms with E-state index >= 15 is 0 Å². The van der Waals surface area contributed by atoms with Crippen molar-refractivity contribution in [3.8, 4) is 11.3 Å². The highest BCUT2D eigenvalue weighted by Crippen LogP contribution is 2.27. The summed E-state index contributed by atoms with van der Waals surface area (Å²) in [6.07, 6.45) is 1.78. The first-order chi connectivity index (χ1) is 11.3. The van der Waals surface area contributed by atoms with Crippen LogP contribution in [0.1, 0.15) is 22.1 Å². The SMILES string of the molecule is O=C(c1cc(-c2ccccc2)on1)N1CC(c2ccccn2)C1. The van der Waals surface area contributed by atoms with Gasteiger partial charge in [-0.3, -0.25) is 9.78 Å². The average Bonchev–Trinajstić information content (AvgIpc) is 3.05. The number of aromatic nitrogens is 2. The van der Waals surface area contributed by atoms with E-state index < -0.39 is 0 Å². The number of rotatable bonds is 3. The molecule has 1 saturated heterocycles. The summed E-state index contributed by atoms with van der Waals surface area (Å²) in [4.78, 5) is 18.5. The molecular formula is C18H15N3O2. The number of nitrogens with zero attached hydrogens (tertiary/aromatic N) is 3. The summed E-state index contributed by atoms with van der Waals surface area (Å²) in [5.74, 6) is 0.819. The lowest BCUT2D eigenvalue weighted by molar-refractivity contribution is 0.0588. The van der Waals surface area contributed by atoms with E-state index in [-0.39, 0.29) is 5.91 Å². The molecular weight excluding hydrogens is 290 g/mol. The quantitative estimate of drug-likeness (QED) is 0.746. The van der Waals surface area contributed by atoms with Gasteiger partial charge < -0.3 is 9.42 Å². The third-order valence-electron chi connectivity index (χ3n) is 4.06. The van der Waals surface area contributed by atoms with Crippen LogP contribution in [-0.2, 0) is 0 Å². The first-order valence-corrected chi connectivity index (χ1v) is 7.53. The van der Waals surface area contributed by atoms with Gasteiger partial charge in [0.05, 0.1) is 0 Å². The molecule has 0 unspecified atom stereocenters. The number of amides is 1. The topological polar surface area (TPSA) is 59.2 Å². The monoisotopic (exact) mass is 305 g/mol. The molecule has 0 spiro atoms. The van der Waals surface area contributed by atoms with Crippen molar-refractivity contribution in [3.63, 3.8) is 0 Å². The molecule has 0 bridgehead atoms. The van der Waals surface area contributed by atoms with Crippen LogP contribution < -0.4 is 0 Å². The van der Waals surface area contributed by atoms with Crippen molar-refractivity contribution < 1.29 is 9.32 Å².